The SMILES string of the molecule is COCCOc1cccc(-n2ncc3cnc(NC(C)=O)cc32)n1. The van der Waals surface area contributed by atoms with Gasteiger partial charge in [0.05, 0.1) is 18.3 Å². The highest BCUT2D eigenvalue weighted by molar-refractivity contribution is 5.90. The van der Waals surface area contributed by atoms with Crippen LogP contribution in [0, 0.1) is 0 Å². The Balaban J connectivity index is 1.93. The topological polar surface area (TPSA) is 91.2 Å². The average Bonchev–Trinajstić information content (AvgIpc) is 2.98. The summed E-state index contributed by atoms with van der Waals surface area (Å²) in [5.74, 6) is 1.38. The van der Waals surface area contributed by atoms with Crippen LogP contribution in [0.1, 0.15) is 6.92 Å². The van der Waals surface area contributed by atoms with Crippen molar-refractivity contribution in [1.29, 1.82) is 0 Å². The predicted octanol–water partition coefficient (Wildman–Crippen LogP) is 1.80. The van der Waals surface area contributed by atoms with Crippen molar-refractivity contribution < 1.29 is 14.3 Å². The molecule has 0 saturated heterocycles. The molecule has 0 aromatic carbocycles. The van der Waals surface area contributed by atoms with Gasteiger partial charge in [0.1, 0.15) is 12.4 Å². The van der Waals surface area contributed by atoms with Gasteiger partial charge in [0.15, 0.2) is 5.82 Å². The first-order valence-electron chi connectivity index (χ1n) is 7.38. The van der Waals surface area contributed by atoms with Crippen LogP contribution in [0.2, 0.25) is 0 Å². The van der Waals surface area contributed by atoms with Gasteiger partial charge in [-0.1, -0.05) is 6.07 Å². The van der Waals surface area contributed by atoms with E-state index in [1.165, 1.54) is 6.92 Å². The number of rotatable bonds is 6. The zero-order valence-corrected chi connectivity index (χ0v) is 13.4. The predicted molar refractivity (Wildman–Crippen MR) is 88.3 cm³/mol. The number of hydrogen-bond donors (Lipinski definition) is 1. The molecule has 0 aliphatic heterocycles. The van der Waals surface area contributed by atoms with E-state index < -0.39 is 0 Å². The van der Waals surface area contributed by atoms with E-state index in [0.29, 0.717) is 30.7 Å². The molecule has 3 aromatic rings. The molecule has 124 valence electrons. The van der Waals surface area contributed by atoms with Crippen molar-refractivity contribution in [2.24, 2.45) is 0 Å². The zero-order chi connectivity index (χ0) is 16.9. The van der Waals surface area contributed by atoms with Crippen LogP contribution in [0.25, 0.3) is 16.7 Å². The first-order chi connectivity index (χ1) is 11.7. The largest absolute Gasteiger partial charge is 0.475 e. The van der Waals surface area contributed by atoms with E-state index in [1.54, 1.807) is 36.3 Å². The molecule has 0 spiro atoms. The van der Waals surface area contributed by atoms with Crippen LogP contribution < -0.4 is 10.1 Å². The number of methoxy groups -OCH3 is 1. The quantitative estimate of drug-likeness (QED) is 0.694. The third-order valence-electron chi connectivity index (χ3n) is 3.22. The Morgan fingerprint density at radius 1 is 1.29 bits per heavy atom. The van der Waals surface area contributed by atoms with E-state index in [-0.39, 0.29) is 5.91 Å². The summed E-state index contributed by atoms with van der Waals surface area (Å²) >= 11 is 0. The van der Waals surface area contributed by atoms with Gasteiger partial charge in [0, 0.05) is 37.7 Å². The number of anilines is 1. The molecule has 0 aliphatic rings. The molecule has 3 heterocycles. The number of fused-ring (bicyclic) bond motifs is 1. The highest BCUT2D eigenvalue weighted by Gasteiger charge is 2.09. The highest BCUT2D eigenvalue weighted by atomic mass is 16.5. The maximum Gasteiger partial charge on any atom is 0.222 e. The Hall–Kier alpha value is -3.00. The summed E-state index contributed by atoms with van der Waals surface area (Å²) in [5.41, 5.74) is 0.787. The number of ether oxygens (including phenoxy) is 2. The van der Waals surface area contributed by atoms with E-state index in [9.17, 15) is 4.79 Å². The van der Waals surface area contributed by atoms with Crippen LogP contribution in [0.3, 0.4) is 0 Å². The first kappa shape index (κ1) is 15.9. The number of hydrogen-bond acceptors (Lipinski definition) is 6. The van der Waals surface area contributed by atoms with E-state index in [4.69, 9.17) is 9.47 Å². The Kier molecular flexibility index (Phi) is 4.66. The summed E-state index contributed by atoms with van der Waals surface area (Å²) in [7, 11) is 1.61. The van der Waals surface area contributed by atoms with Crippen LogP contribution in [0.5, 0.6) is 5.88 Å². The molecular formula is C16H17N5O3. The minimum absolute atomic E-state index is 0.181. The van der Waals surface area contributed by atoms with Crippen LogP contribution in [0.4, 0.5) is 5.82 Å². The van der Waals surface area contributed by atoms with Crippen molar-refractivity contribution in [3.8, 4) is 11.7 Å². The second-order valence-corrected chi connectivity index (χ2v) is 5.04. The summed E-state index contributed by atoms with van der Waals surface area (Å²) in [6.45, 7) is 2.34. The maximum absolute atomic E-state index is 11.2. The van der Waals surface area contributed by atoms with E-state index in [1.807, 2.05) is 12.1 Å². The normalized spacial score (nSPS) is 10.8. The van der Waals surface area contributed by atoms with Gasteiger partial charge in [-0.25, -0.2) is 9.67 Å². The van der Waals surface area contributed by atoms with Crippen LogP contribution >= 0.6 is 0 Å². The van der Waals surface area contributed by atoms with Crippen molar-refractivity contribution in [3.05, 3.63) is 36.7 Å². The van der Waals surface area contributed by atoms with Crippen LogP contribution in [-0.2, 0) is 9.53 Å². The molecule has 0 fully saturated rings. The Morgan fingerprint density at radius 3 is 2.96 bits per heavy atom. The fourth-order valence-electron chi connectivity index (χ4n) is 2.18. The van der Waals surface area contributed by atoms with Crippen molar-refractivity contribution in [1.82, 2.24) is 19.7 Å². The lowest BCUT2D eigenvalue weighted by atomic mass is 10.3. The molecular weight excluding hydrogens is 310 g/mol. The van der Waals surface area contributed by atoms with Gasteiger partial charge in [-0.05, 0) is 6.07 Å². The smallest absolute Gasteiger partial charge is 0.222 e. The van der Waals surface area contributed by atoms with E-state index in [2.05, 4.69) is 20.4 Å². The number of aromatic nitrogens is 4. The number of carbonyl (C=O) groups excluding carboxylic acids is 1. The molecule has 0 unspecified atom stereocenters. The van der Waals surface area contributed by atoms with Gasteiger partial charge in [0.2, 0.25) is 11.8 Å². The maximum atomic E-state index is 11.2. The van der Waals surface area contributed by atoms with Crippen molar-refractivity contribution in [2.45, 2.75) is 6.92 Å². The van der Waals surface area contributed by atoms with Crippen LogP contribution in [0.15, 0.2) is 36.7 Å². The molecule has 0 saturated carbocycles. The van der Waals surface area contributed by atoms with Gasteiger partial charge >= 0.3 is 0 Å². The number of pyridine rings is 2. The number of carbonyl (C=O) groups is 1. The molecule has 1 amide bonds. The third kappa shape index (κ3) is 3.49. The van der Waals surface area contributed by atoms with Gasteiger partial charge in [0.25, 0.3) is 0 Å². The first-order valence-corrected chi connectivity index (χ1v) is 7.38. The Bertz CT molecular complexity index is 862. The summed E-state index contributed by atoms with van der Waals surface area (Å²) in [6, 6.07) is 7.20. The molecule has 3 rings (SSSR count). The number of nitrogens with zero attached hydrogens (tertiary/aromatic N) is 4. The van der Waals surface area contributed by atoms with E-state index >= 15 is 0 Å². The highest BCUT2D eigenvalue weighted by Crippen LogP contribution is 2.20. The van der Waals surface area contributed by atoms with E-state index in [0.717, 1.165) is 10.9 Å². The van der Waals surface area contributed by atoms with Gasteiger partial charge in [-0.3, -0.25) is 4.79 Å². The lowest BCUT2D eigenvalue weighted by molar-refractivity contribution is -0.114. The fourth-order valence-corrected chi connectivity index (χ4v) is 2.18. The minimum atomic E-state index is -0.181. The lowest BCUT2D eigenvalue weighted by Crippen LogP contribution is -2.08. The summed E-state index contributed by atoms with van der Waals surface area (Å²) < 4.78 is 12.2. The average molecular weight is 327 g/mol. The summed E-state index contributed by atoms with van der Waals surface area (Å²) in [6.07, 6.45) is 3.35. The molecule has 8 heteroatoms. The minimum Gasteiger partial charge on any atom is -0.475 e. The van der Waals surface area contributed by atoms with Crippen molar-refractivity contribution in [2.75, 3.05) is 25.6 Å². The van der Waals surface area contributed by atoms with Gasteiger partial charge in [-0.15, -0.1) is 0 Å². The monoisotopic (exact) mass is 327 g/mol. The lowest BCUT2D eigenvalue weighted by Gasteiger charge is -2.08. The van der Waals surface area contributed by atoms with Crippen molar-refractivity contribution in [3.63, 3.8) is 0 Å². The Morgan fingerprint density at radius 2 is 2.17 bits per heavy atom. The number of nitrogens with one attached hydrogen (secondary N) is 1. The van der Waals surface area contributed by atoms with Gasteiger partial charge < -0.3 is 14.8 Å². The molecule has 0 bridgehead atoms. The second-order valence-electron chi connectivity index (χ2n) is 5.04. The standard InChI is InChI=1S/C16H17N5O3/c1-11(22)19-14-8-13-12(9-17-14)10-18-21(13)15-4-3-5-16(20-15)24-7-6-23-2/h3-5,8-10H,6-7H2,1-2H3,(H,17,19,22). The summed E-state index contributed by atoms with van der Waals surface area (Å²) in [5, 5.41) is 7.85. The molecule has 3 aromatic heterocycles. The van der Waals surface area contributed by atoms with Gasteiger partial charge in [-0.2, -0.15) is 10.1 Å². The summed E-state index contributed by atoms with van der Waals surface area (Å²) in [4.78, 5) is 19.8. The molecule has 0 atom stereocenters. The fraction of sp³-hybridized carbons (Fsp3) is 0.250. The molecule has 0 radical (unpaired) electrons. The Labute approximate surface area is 138 Å². The third-order valence-corrected chi connectivity index (χ3v) is 3.22. The van der Waals surface area contributed by atoms with Crippen molar-refractivity contribution >= 4 is 22.6 Å². The zero-order valence-electron chi connectivity index (χ0n) is 13.4. The second kappa shape index (κ2) is 7.05. The molecule has 1 N–H and O–H groups in total. The number of amides is 1. The van der Waals surface area contributed by atoms with Crippen LogP contribution in [-0.4, -0.2) is 46.0 Å². The molecule has 24 heavy (non-hydrogen) atoms. The molecule has 8 nitrogen and oxygen atoms in total. The molecule has 0 aliphatic carbocycles.